The van der Waals surface area contributed by atoms with Gasteiger partial charge in [-0.2, -0.15) is 0 Å². The molecule has 1 unspecified atom stereocenters. The fourth-order valence-corrected chi connectivity index (χ4v) is 2.73. The first-order valence-electron chi connectivity index (χ1n) is 5.42. The molecule has 1 rings (SSSR count). The zero-order chi connectivity index (χ0) is 13.1. The summed E-state index contributed by atoms with van der Waals surface area (Å²) in [6.45, 7) is 5.42. The highest BCUT2D eigenvalue weighted by molar-refractivity contribution is 7.91. The summed E-state index contributed by atoms with van der Waals surface area (Å²) in [5.74, 6) is 0.344. The van der Waals surface area contributed by atoms with Crippen LogP contribution in [0.4, 0.5) is 0 Å². The predicted molar refractivity (Wildman–Crippen MR) is 65.1 cm³/mol. The smallest absolute Gasteiger partial charge is 0.249 e. The molecule has 0 aromatic carbocycles. The molecule has 96 valence electrons. The van der Waals surface area contributed by atoms with Crippen molar-refractivity contribution in [2.45, 2.75) is 31.0 Å². The maximum atomic E-state index is 11.8. The lowest BCUT2D eigenvalue weighted by molar-refractivity contribution is 0.556. The van der Waals surface area contributed by atoms with Crippen molar-refractivity contribution in [1.82, 2.24) is 14.8 Å². The number of aromatic nitrogens is 3. The first-order valence-corrected chi connectivity index (χ1v) is 7.07. The van der Waals surface area contributed by atoms with Gasteiger partial charge in [0.2, 0.25) is 15.0 Å². The van der Waals surface area contributed by atoms with Gasteiger partial charge in [0.25, 0.3) is 0 Å². The van der Waals surface area contributed by atoms with Crippen molar-refractivity contribution in [3.05, 3.63) is 18.5 Å². The van der Waals surface area contributed by atoms with Gasteiger partial charge in [-0.25, -0.2) is 8.42 Å². The van der Waals surface area contributed by atoms with Crippen molar-refractivity contribution in [3.8, 4) is 0 Å². The Balaban J connectivity index is 3.11. The number of nitrogens with two attached hydrogens (primary N) is 1. The van der Waals surface area contributed by atoms with Crippen LogP contribution in [0.1, 0.15) is 31.6 Å². The molecular weight excluding hydrogens is 240 g/mol. The molecule has 0 radical (unpaired) electrons. The molecule has 0 aliphatic heterocycles. The molecule has 0 spiro atoms. The standard InChI is InChI=1S/C10H18N4O2S/c1-4-6-8(11)9-12-13-10(14(9)3)17(15,16)7-5-2/h5,8H,2,4,6-7,11H2,1,3H3. The number of hydrogen-bond acceptors (Lipinski definition) is 5. The van der Waals surface area contributed by atoms with E-state index in [-0.39, 0.29) is 17.0 Å². The van der Waals surface area contributed by atoms with Crippen LogP contribution in [-0.4, -0.2) is 28.9 Å². The molecule has 1 aromatic heterocycles. The lowest BCUT2D eigenvalue weighted by atomic mass is 10.2. The Bertz CT molecular complexity index is 492. The topological polar surface area (TPSA) is 90.9 Å². The summed E-state index contributed by atoms with van der Waals surface area (Å²) >= 11 is 0. The van der Waals surface area contributed by atoms with E-state index in [9.17, 15) is 8.42 Å². The van der Waals surface area contributed by atoms with E-state index >= 15 is 0 Å². The Kier molecular flexibility index (Phi) is 4.41. The number of rotatable bonds is 6. The molecule has 0 saturated heterocycles. The Hall–Kier alpha value is -1.21. The average Bonchev–Trinajstić information content (AvgIpc) is 2.61. The third-order valence-corrected chi connectivity index (χ3v) is 4.00. The van der Waals surface area contributed by atoms with Gasteiger partial charge in [-0.15, -0.1) is 16.8 Å². The Morgan fingerprint density at radius 2 is 2.18 bits per heavy atom. The molecule has 0 aliphatic rings. The lowest BCUT2D eigenvalue weighted by Gasteiger charge is -2.09. The lowest BCUT2D eigenvalue weighted by Crippen LogP contribution is -2.17. The highest BCUT2D eigenvalue weighted by Gasteiger charge is 2.23. The van der Waals surface area contributed by atoms with Crippen LogP contribution in [0.15, 0.2) is 17.8 Å². The quantitative estimate of drug-likeness (QED) is 0.753. The third kappa shape index (κ3) is 2.92. The summed E-state index contributed by atoms with van der Waals surface area (Å²) in [7, 11) is -1.84. The molecule has 0 saturated carbocycles. The summed E-state index contributed by atoms with van der Waals surface area (Å²) in [6.07, 6.45) is 2.98. The second-order valence-corrected chi connectivity index (χ2v) is 5.79. The summed E-state index contributed by atoms with van der Waals surface area (Å²) in [4.78, 5) is 0. The highest BCUT2D eigenvalue weighted by atomic mass is 32.2. The zero-order valence-electron chi connectivity index (χ0n) is 10.1. The number of sulfone groups is 1. The monoisotopic (exact) mass is 258 g/mol. The van der Waals surface area contributed by atoms with Gasteiger partial charge in [0, 0.05) is 7.05 Å². The van der Waals surface area contributed by atoms with Gasteiger partial charge >= 0.3 is 0 Å². The van der Waals surface area contributed by atoms with E-state index in [0.29, 0.717) is 5.82 Å². The minimum Gasteiger partial charge on any atom is -0.321 e. The van der Waals surface area contributed by atoms with Crippen molar-refractivity contribution in [1.29, 1.82) is 0 Å². The van der Waals surface area contributed by atoms with Crippen molar-refractivity contribution in [2.75, 3.05) is 5.75 Å². The number of hydrogen-bond donors (Lipinski definition) is 1. The second kappa shape index (κ2) is 5.42. The van der Waals surface area contributed by atoms with E-state index < -0.39 is 9.84 Å². The first-order chi connectivity index (χ1) is 7.94. The summed E-state index contributed by atoms with van der Waals surface area (Å²) in [5.41, 5.74) is 5.90. The molecule has 2 N–H and O–H groups in total. The van der Waals surface area contributed by atoms with Gasteiger partial charge in [0.1, 0.15) is 0 Å². The maximum absolute atomic E-state index is 11.8. The first kappa shape index (κ1) is 13.9. The van der Waals surface area contributed by atoms with Crippen LogP contribution in [0.3, 0.4) is 0 Å². The SMILES string of the molecule is C=CCS(=O)(=O)c1nnc(C(N)CCC)n1C. The molecule has 1 atom stereocenters. The average molecular weight is 258 g/mol. The fourth-order valence-electron chi connectivity index (χ4n) is 1.59. The zero-order valence-corrected chi connectivity index (χ0v) is 10.9. The summed E-state index contributed by atoms with van der Waals surface area (Å²) in [6, 6.07) is -0.287. The summed E-state index contributed by atoms with van der Waals surface area (Å²) < 4.78 is 25.1. The van der Waals surface area contributed by atoms with E-state index in [0.717, 1.165) is 12.8 Å². The Morgan fingerprint density at radius 1 is 1.53 bits per heavy atom. The Morgan fingerprint density at radius 3 is 2.71 bits per heavy atom. The molecule has 17 heavy (non-hydrogen) atoms. The van der Waals surface area contributed by atoms with Gasteiger partial charge in [-0.3, -0.25) is 0 Å². The van der Waals surface area contributed by atoms with Gasteiger partial charge in [-0.05, 0) is 6.42 Å². The molecule has 0 bridgehead atoms. The van der Waals surface area contributed by atoms with Crippen LogP contribution in [0.2, 0.25) is 0 Å². The van der Waals surface area contributed by atoms with Gasteiger partial charge in [-0.1, -0.05) is 19.4 Å². The third-order valence-electron chi connectivity index (χ3n) is 2.42. The Labute approximate surface area is 101 Å². The van der Waals surface area contributed by atoms with E-state index in [1.807, 2.05) is 6.92 Å². The summed E-state index contributed by atoms with van der Waals surface area (Å²) in [5, 5.41) is 7.51. The van der Waals surface area contributed by atoms with Crippen LogP contribution in [0.5, 0.6) is 0 Å². The van der Waals surface area contributed by atoms with Crippen LogP contribution in [0, 0.1) is 0 Å². The van der Waals surface area contributed by atoms with E-state index in [2.05, 4.69) is 16.8 Å². The van der Waals surface area contributed by atoms with Gasteiger partial charge in [0.05, 0.1) is 11.8 Å². The van der Waals surface area contributed by atoms with E-state index in [1.165, 1.54) is 10.6 Å². The molecule has 0 fully saturated rings. The van der Waals surface area contributed by atoms with Crippen LogP contribution in [0.25, 0.3) is 0 Å². The second-order valence-electron chi connectivity index (χ2n) is 3.87. The van der Waals surface area contributed by atoms with Crippen molar-refractivity contribution < 1.29 is 8.42 Å². The number of nitrogens with zero attached hydrogens (tertiary/aromatic N) is 3. The highest BCUT2D eigenvalue weighted by Crippen LogP contribution is 2.16. The van der Waals surface area contributed by atoms with E-state index in [4.69, 9.17) is 5.73 Å². The molecular formula is C10H18N4O2S. The minimum absolute atomic E-state index is 0.0565. The maximum Gasteiger partial charge on any atom is 0.249 e. The van der Waals surface area contributed by atoms with Crippen molar-refractivity contribution in [2.24, 2.45) is 12.8 Å². The normalized spacial score (nSPS) is 13.6. The van der Waals surface area contributed by atoms with Crippen LogP contribution in [-0.2, 0) is 16.9 Å². The van der Waals surface area contributed by atoms with Crippen molar-refractivity contribution >= 4 is 9.84 Å². The fraction of sp³-hybridized carbons (Fsp3) is 0.600. The predicted octanol–water partition coefficient (Wildman–Crippen LogP) is 0.575. The molecule has 0 aliphatic carbocycles. The van der Waals surface area contributed by atoms with Gasteiger partial charge < -0.3 is 10.3 Å². The molecule has 0 amide bonds. The molecule has 6 nitrogen and oxygen atoms in total. The van der Waals surface area contributed by atoms with Crippen LogP contribution < -0.4 is 5.73 Å². The largest absolute Gasteiger partial charge is 0.321 e. The molecule has 7 heteroatoms. The van der Waals surface area contributed by atoms with E-state index in [1.54, 1.807) is 7.05 Å². The van der Waals surface area contributed by atoms with Crippen LogP contribution >= 0.6 is 0 Å². The van der Waals surface area contributed by atoms with Crippen molar-refractivity contribution in [3.63, 3.8) is 0 Å². The van der Waals surface area contributed by atoms with Gasteiger partial charge in [0.15, 0.2) is 5.82 Å². The molecule has 1 heterocycles. The molecule has 1 aromatic rings. The minimum atomic E-state index is -3.45.